The van der Waals surface area contributed by atoms with Crippen molar-refractivity contribution < 1.29 is 14.3 Å². The fourth-order valence-electron chi connectivity index (χ4n) is 3.01. The van der Waals surface area contributed by atoms with Crippen LogP contribution in [0.15, 0.2) is 59.4 Å². The summed E-state index contributed by atoms with van der Waals surface area (Å²) in [7, 11) is 3.12. The number of rotatable bonds is 7. The van der Waals surface area contributed by atoms with Crippen LogP contribution in [0.5, 0.6) is 11.5 Å². The van der Waals surface area contributed by atoms with Crippen LogP contribution in [0, 0.1) is 0 Å². The fraction of sp³-hybridized carbons (Fsp3) is 0.261. The summed E-state index contributed by atoms with van der Waals surface area (Å²) >= 11 is 0. The van der Waals surface area contributed by atoms with Crippen molar-refractivity contribution in [2.75, 3.05) is 19.5 Å². The van der Waals surface area contributed by atoms with Crippen LogP contribution >= 0.6 is 0 Å². The van der Waals surface area contributed by atoms with Gasteiger partial charge in [0.2, 0.25) is 5.91 Å². The highest BCUT2D eigenvalue weighted by atomic mass is 16.5. The van der Waals surface area contributed by atoms with Crippen LogP contribution in [-0.4, -0.2) is 29.9 Å². The number of anilines is 1. The van der Waals surface area contributed by atoms with Crippen molar-refractivity contribution in [2.45, 2.75) is 26.3 Å². The predicted octanol–water partition coefficient (Wildman–Crippen LogP) is 3.69. The molecule has 0 fully saturated rings. The minimum Gasteiger partial charge on any atom is -0.497 e. The summed E-state index contributed by atoms with van der Waals surface area (Å²) in [6, 6.07) is 15.9. The largest absolute Gasteiger partial charge is 0.497 e. The van der Waals surface area contributed by atoms with E-state index in [1.807, 2.05) is 24.3 Å². The van der Waals surface area contributed by atoms with Crippen molar-refractivity contribution in [3.63, 3.8) is 0 Å². The van der Waals surface area contributed by atoms with Gasteiger partial charge in [0.1, 0.15) is 18.0 Å². The summed E-state index contributed by atoms with van der Waals surface area (Å²) in [5, 5.41) is 7.15. The van der Waals surface area contributed by atoms with Crippen molar-refractivity contribution in [3.8, 4) is 22.8 Å². The van der Waals surface area contributed by atoms with E-state index in [4.69, 9.17) is 9.47 Å². The molecule has 156 valence electrons. The smallest absolute Gasteiger partial charge is 0.267 e. The molecule has 0 aliphatic rings. The Morgan fingerprint density at radius 1 is 1.03 bits per heavy atom. The number of methoxy groups -OCH3 is 2. The van der Waals surface area contributed by atoms with E-state index in [0.717, 1.165) is 4.68 Å². The topological polar surface area (TPSA) is 82.5 Å². The number of carbonyl (C=O) groups is 1. The summed E-state index contributed by atoms with van der Waals surface area (Å²) < 4.78 is 11.8. The Balaban J connectivity index is 1.82. The summed E-state index contributed by atoms with van der Waals surface area (Å²) in [4.78, 5) is 24.7. The first-order valence-corrected chi connectivity index (χ1v) is 9.61. The van der Waals surface area contributed by atoms with Gasteiger partial charge in [-0.05, 0) is 47.9 Å². The molecule has 0 saturated heterocycles. The van der Waals surface area contributed by atoms with Crippen LogP contribution in [0.2, 0.25) is 0 Å². The lowest BCUT2D eigenvalue weighted by molar-refractivity contribution is -0.117. The van der Waals surface area contributed by atoms with Gasteiger partial charge in [-0.25, -0.2) is 4.68 Å². The van der Waals surface area contributed by atoms with Gasteiger partial charge >= 0.3 is 0 Å². The first-order chi connectivity index (χ1) is 14.4. The molecule has 0 radical (unpaired) electrons. The number of hydrogen-bond donors (Lipinski definition) is 1. The number of ether oxygens (including phenoxy) is 2. The SMILES string of the molecule is COc1ccc(OC)c(-c2ccc(=O)n(CC(=O)Nc3ccc(C(C)C)cc3)n2)c1. The fourth-order valence-corrected chi connectivity index (χ4v) is 3.01. The summed E-state index contributed by atoms with van der Waals surface area (Å²) in [6.45, 7) is 4.01. The zero-order chi connectivity index (χ0) is 21.7. The quantitative estimate of drug-likeness (QED) is 0.646. The van der Waals surface area contributed by atoms with E-state index in [9.17, 15) is 9.59 Å². The van der Waals surface area contributed by atoms with E-state index >= 15 is 0 Å². The first-order valence-electron chi connectivity index (χ1n) is 9.61. The second-order valence-electron chi connectivity index (χ2n) is 7.11. The molecular weight excluding hydrogens is 382 g/mol. The molecule has 3 rings (SSSR count). The molecule has 0 atom stereocenters. The lowest BCUT2D eigenvalue weighted by atomic mass is 10.0. The van der Waals surface area contributed by atoms with Crippen LogP contribution in [-0.2, 0) is 11.3 Å². The van der Waals surface area contributed by atoms with Gasteiger partial charge in [0.15, 0.2) is 0 Å². The Morgan fingerprint density at radius 2 is 1.77 bits per heavy atom. The van der Waals surface area contributed by atoms with E-state index in [1.165, 1.54) is 11.6 Å². The first kappa shape index (κ1) is 21.1. The molecule has 0 aliphatic carbocycles. The number of carbonyl (C=O) groups excluding carboxylic acids is 1. The lowest BCUT2D eigenvalue weighted by Crippen LogP contribution is -2.29. The van der Waals surface area contributed by atoms with Crippen molar-refractivity contribution in [3.05, 3.63) is 70.5 Å². The molecule has 0 aliphatic heterocycles. The predicted molar refractivity (Wildman–Crippen MR) is 116 cm³/mol. The number of aromatic nitrogens is 2. The number of amides is 1. The Bertz CT molecular complexity index is 1090. The van der Waals surface area contributed by atoms with Gasteiger partial charge in [-0.1, -0.05) is 26.0 Å². The van der Waals surface area contributed by atoms with Crippen molar-refractivity contribution in [1.82, 2.24) is 9.78 Å². The minimum atomic E-state index is -0.370. The van der Waals surface area contributed by atoms with E-state index < -0.39 is 0 Å². The zero-order valence-electron chi connectivity index (χ0n) is 17.5. The summed E-state index contributed by atoms with van der Waals surface area (Å²) in [5.41, 5.74) is 2.65. The average Bonchev–Trinajstić information content (AvgIpc) is 2.75. The summed E-state index contributed by atoms with van der Waals surface area (Å²) in [5.74, 6) is 1.29. The van der Waals surface area contributed by atoms with E-state index in [0.29, 0.717) is 34.4 Å². The maximum Gasteiger partial charge on any atom is 0.267 e. The molecule has 0 bridgehead atoms. The van der Waals surface area contributed by atoms with Crippen molar-refractivity contribution in [1.29, 1.82) is 0 Å². The molecule has 0 unspecified atom stereocenters. The van der Waals surface area contributed by atoms with Gasteiger partial charge in [0.25, 0.3) is 5.56 Å². The Morgan fingerprint density at radius 3 is 2.40 bits per heavy atom. The number of hydrogen-bond acceptors (Lipinski definition) is 5. The number of nitrogens with one attached hydrogen (secondary N) is 1. The molecule has 7 heteroatoms. The normalized spacial score (nSPS) is 10.7. The third kappa shape index (κ3) is 4.86. The van der Waals surface area contributed by atoms with Gasteiger partial charge in [-0.2, -0.15) is 5.10 Å². The molecule has 7 nitrogen and oxygen atoms in total. The zero-order valence-corrected chi connectivity index (χ0v) is 17.5. The van der Waals surface area contributed by atoms with E-state index in [2.05, 4.69) is 24.3 Å². The number of benzene rings is 2. The van der Waals surface area contributed by atoms with Gasteiger partial charge in [0, 0.05) is 17.3 Å². The summed E-state index contributed by atoms with van der Waals surface area (Å²) in [6.07, 6.45) is 0. The molecule has 3 aromatic rings. The van der Waals surface area contributed by atoms with E-state index in [-0.39, 0.29) is 18.0 Å². The van der Waals surface area contributed by atoms with Crippen LogP contribution in [0.3, 0.4) is 0 Å². The molecule has 0 spiro atoms. The molecule has 30 heavy (non-hydrogen) atoms. The van der Waals surface area contributed by atoms with Crippen LogP contribution in [0.25, 0.3) is 11.3 Å². The third-order valence-corrected chi connectivity index (χ3v) is 4.70. The number of nitrogens with zero attached hydrogens (tertiary/aromatic N) is 2. The van der Waals surface area contributed by atoms with Crippen molar-refractivity contribution in [2.24, 2.45) is 0 Å². The lowest BCUT2D eigenvalue weighted by Gasteiger charge is -2.12. The molecule has 1 N–H and O–H groups in total. The molecule has 0 saturated carbocycles. The van der Waals surface area contributed by atoms with Crippen LogP contribution < -0.4 is 20.3 Å². The van der Waals surface area contributed by atoms with E-state index in [1.54, 1.807) is 38.5 Å². The monoisotopic (exact) mass is 407 g/mol. The Labute approximate surface area is 175 Å². The van der Waals surface area contributed by atoms with Crippen molar-refractivity contribution >= 4 is 11.6 Å². The Kier molecular flexibility index (Phi) is 6.51. The van der Waals surface area contributed by atoms with Gasteiger partial charge in [-0.15, -0.1) is 0 Å². The van der Waals surface area contributed by atoms with Gasteiger partial charge < -0.3 is 14.8 Å². The standard InChI is InChI=1S/C23H25N3O4/c1-15(2)16-5-7-17(8-6-16)24-22(27)14-26-23(28)12-10-20(25-26)19-13-18(29-3)9-11-21(19)30-4/h5-13,15H,14H2,1-4H3,(H,24,27). The van der Waals surface area contributed by atoms with Crippen LogP contribution in [0.4, 0.5) is 5.69 Å². The van der Waals surface area contributed by atoms with Crippen LogP contribution in [0.1, 0.15) is 25.3 Å². The Hall–Kier alpha value is -3.61. The third-order valence-electron chi connectivity index (χ3n) is 4.70. The van der Waals surface area contributed by atoms with Gasteiger partial charge in [-0.3, -0.25) is 9.59 Å². The average molecular weight is 407 g/mol. The highest BCUT2D eigenvalue weighted by molar-refractivity contribution is 5.90. The molecule has 1 aromatic heterocycles. The highest BCUT2D eigenvalue weighted by Crippen LogP contribution is 2.31. The molecule has 2 aromatic carbocycles. The maximum absolute atomic E-state index is 12.5. The highest BCUT2D eigenvalue weighted by Gasteiger charge is 2.13. The molecule has 1 amide bonds. The molecule has 1 heterocycles. The maximum atomic E-state index is 12.5. The second-order valence-corrected chi connectivity index (χ2v) is 7.11. The minimum absolute atomic E-state index is 0.203. The van der Waals surface area contributed by atoms with Gasteiger partial charge in [0.05, 0.1) is 19.9 Å². The molecular formula is C23H25N3O4. The second kappa shape index (κ2) is 9.26.